The van der Waals surface area contributed by atoms with Gasteiger partial charge >= 0.3 is 0 Å². The van der Waals surface area contributed by atoms with Crippen LogP contribution in [0.2, 0.25) is 0 Å². The van der Waals surface area contributed by atoms with Crippen molar-refractivity contribution in [1.29, 1.82) is 0 Å². The Kier molecular flexibility index (Phi) is 4.34. The summed E-state index contributed by atoms with van der Waals surface area (Å²) in [7, 11) is 0. The molecule has 18 heavy (non-hydrogen) atoms. The van der Waals surface area contributed by atoms with E-state index >= 15 is 0 Å². The van der Waals surface area contributed by atoms with Gasteiger partial charge in [-0.1, -0.05) is 0 Å². The largest absolute Gasteiger partial charge is 0.322 e. The van der Waals surface area contributed by atoms with E-state index in [4.69, 9.17) is 12.2 Å². The molecule has 1 aromatic carbocycles. The van der Waals surface area contributed by atoms with Gasteiger partial charge in [-0.05, 0) is 6.07 Å². The van der Waals surface area contributed by atoms with Crippen molar-refractivity contribution < 1.29 is 14.1 Å². The minimum Gasteiger partial charge on any atom is -0.322 e. The quantitative estimate of drug-likeness (QED) is 0.474. The molecule has 0 radical (unpaired) electrons. The van der Waals surface area contributed by atoms with E-state index in [1.165, 1.54) is 0 Å². The lowest BCUT2D eigenvalue weighted by atomic mass is 10.2. The molecule has 3 N–H and O–H groups in total. The van der Waals surface area contributed by atoms with Gasteiger partial charge in [0.1, 0.15) is 0 Å². The minimum absolute atomic E-state index is 0.0143. The van der Waals surface area contributed by atoms with E-state index in [-0.39, 0.29) is 12.1 Å². The van der Waals surface area contributed by atoms with Crippen molar-refractivity contribution in [3.63, 3.8) is 0 Å². The molecule has 1 amide bonds. The van der Waals surface area contributed by atoms with Gasteiger partial charge in [-0.2, -0.15) is 0 Å². The van der Waals surface area contributed by atoms with Gasteiger partial charge in [0.15, 0.2) is 5.82 Å². The maximum Gasteiger partial charge on any atom is 0.272 e. The second-order valence-corrected chi connectivity index (χ2v) is 3.43. The molecular formula is C11H10FN3O3. The molecule has 0 saturated carbocycles. The highest BCUT2D eigenvalue weighted by atomic mass is 19.1. The number of nitro groups is 1. The topological polar surface area (TPSA) is 98.3 Å². The zero-order chi connectivity index (χ0) is 13.7. The van der Waals surface area contributed by atoms with E-state index in [9.17, 15) is 19.3 Å². The van der Waals surface area contributed by atoms with Gasteiger partial charge in [-0.3, -0.25) is 14.9 Å². The first-order chi connectivity index (χ1) is 8.45. The second kappa shape index (κ2) is 5.75. The predicted molar refractivity (Wildman–Crippen MR) is 63.1 cm³/mol. The normalized spacial score (nSPS) is 11.4. The Hall–Kier alpha value is -2.46. The van der Waals surface area contributed by atoms with Gasteiger partial charge < -0.3 is 11.1 Å². The van der Waals surface area contributed by atoms with Crippen LogP contribution in [0.3, 0.4) is 0 Å². The molecule has 94 valence electrons. The highest BCUT2D eigenvalue weighted by Gasteiger charge is 2.16. The molecule has 1 aromatic rings. The van der Waals surface area contributed by atoms with Gasteiger partial charge in [0.2, 0.25) is 5.91 Å². The third-order valence-electron chi connectivity index (χ3n) is 2.10. The molecule has 7 heteroatoms. The summed E-state index contributed by atoms with van der Waals surface area (Å²) in [5.74, 6) is 0.640. The average Bonchev–Trinajstić information content (AvgIpc) is 2.31. The van der Waals surface area contributed by atoms with Crippen molar-refractivity contribution in [3.8, 4) is 12.3 Å². The second-order valence-electron chi connectivity index (χ2n) is 3.43. The van der Waals surface area contributed by atoms with Crippen LogP contribution in [0.15, 0.2) is 18.2 Å². The molecule has 6 nitrogen and oxygen atoms in total. The maximum absolute atomic E-state index is 13.4. The molecule has 0 saturated heterocycles. The van der Waals surface area contributed by atoms with Crippen LogP contribution < -0.4 is 11.1 Å². The number of amides is 1. The molecule has 0 bridgehead atoms. The number of carbonyl (C=O) groups excluding carboxylic acids is 1. The standard InChI is InChI=1S/C11H10FN3O3/c1-2-3-9(13)11(16)14-10-5-4-7(15(17)18)6-8(10)12/h1,4-6,9H,3,13H2,(H,14,16). The van der Waals surface area contributed by atoms with E-state index in [0.29, 0.717) is 6.07 Å². The number of carbonyl (C=O) groups is 1. The summed E-state index contributed by atoms with van der Waals surface area (Å²) < 4.78 is 13.4. The smallest absolute Gasteiger partial charge is 0.272 e. The lowest BCUT2D eigenvalue weighted by molar-refractivity contribution is -0.385. The fourth-order valence-corrected chi connectivity index (χ4v) is 1.16. The number of hydrogen-bond donors (Lipinski definition) is 2. The van der Waals surface area contributed by atoms with Crippen LogP contribution in [-0.4, -0.2) is 16.9 Å². The van der Waals surface area contributed by atoms with Crippen molar-refractivity contribution in [2.24, 2.45) is 5.73 Å². The first-order valence-electron chi connectivity index (χ1n) is 4.89. The van der Waals surface area contributed by atoms with Gasteiger partial charge in [0.25, 0.3) is 5.69 Å². The Morgan fingerprint density at radius 2 is 2.33 bits per heavy atom. The number of anilines is 1. The molecule has 0 heterocycles. The number of hydrogen-bond acceptors (Lipinski definition) is 4. The Morgan fingerprint density at radius 1 is 1.67 bits per heavy atom. The number of nitro benzene ring substituents is 1. The number of benzene rings is 1. The van der Waals surface area contributed by atoms with Crippen LogP contribution in [0.25, 0.3) is 0 Å². The molecular weight excluding hydrogens is 241 g/mol. The monoisotopic (exact) mass is 251 g/mol. The number of halogens is 1. The zero-order valence-corrected chi connectivity index (χ0v) is 9.22. The summed E-state index contributed by atoms with van der Waals surface area (Å²) in [6.07, 6.45) is 5.00. The molecule has 1 unspecified atom stereocenters. The molecule has 0 aliphatic carbocycles. The summed E-state index contributed by atoms with van der Waals surface area (Å²) in [5.41, 5.74) is 4.83. The fourth-order valence-electron chi connectivity index (χ4n) is 1.16. The van der Waals surface area contributed by atoms with Crippen LogP contribution in [-0.2, 0) is 4.79 Å². The summed E-state index contributed by atoms with van der Waals surface area (Å²) in [6.45, 7) is 0. The van der Waals surface area contributed by atoms with Gasteiger partial charge in [-0.15, -0.1) is 12.3 Å². The number of terminal acetylenes is 1. The lowest BCUT2D eigenvalue weighted by Gasteiger charge is -2.10. The zero-order valence-electron chi connectivity index (χ0n) is 9.22. The molecule has 1 rings (SSSR count). The van der Waals surface area contributed by atoms with Crippen molar-refractivity contribution in [1.82, 2.24) is 0 Å². The first-order valence-corrected chi connectivity index (χ1v) is 4.89. The lowest BCUT2D eigenvalue weighted by Crippen LogP contribution is -2.35. The van der Waals surface area contributed by atoms with E-state index < -0.39 is 28.4 Å². The van der Waals surface area contributed by atoms with Gasteiger partial charge in [0, 0.05) is 12.5 Å². The molecule has 0 fully saturated rings. The fraction of sp³-hybridized carbons (Fsp3) is 0.182. The Bertz CT molecular complexity index is 525. The summed E-state index contributed by atoms with van der Waals surface area (Å²) in [4.78, 5) is 21.1. The number of nitrogens with one attached hydrogen (secondary N) is 1. The maximum atomic E-state index is 13.4. The van der Waals surface area contributed by atoms with E-state index in [1.807, 2.05) is 0 Å². The van der Waals surface area contributed by atoms with E-state index in [1.54, 1.807) is 0 Å². The Balaban J connectivity index is 2.83. The van der Waals surface area contributed by atoms with E-state index in [0.717, 1.165) is 12.1 Å². The predicted octanol–water partition coefficient (Wildman–Crippen LogP) is 1.02. The van der Waals surface area contributed by atoms with Crippen molar-refractivity contribution in [2.45, 2.75) is 12.5 Å². The molecule has 0 aromatic heterocycles. The first kappa shape index (κ1) is 13.6. The van der Waals surface area contributed by atoms with Crippen LogP contribution in [0.5, 0.6) is 0 Å². The molecule has 0 aliphatic heterocycles. The van der Waals surface area contributed by atoms with E-state index in [2.05, 4.69) is 11.2 Å². The van der Waals surface area contributed by atoms with Crippen molar-refractivity contribution in [2.75, 3.05) is 5.32 Å². The van der Waals surface area contributed by atoms with Gasteiger partial charge in [-0.25, -0.2) is 4.39 Å². The van der Waals surface area contributed by atoms with Crippen LogP contribution >= 0.6 is 0 Å². The molecule has 0 aliphatic rings. The SMILES string of the molecule is C#CCC(N)C(=O)Nc1ccc([N+](=O)[O-])cc1F. The number of nitrogens with two attached hydrogens (primary N) is 1. The molecule has 1 atom stereocenters. The average molecular weight is 251 g/mol. The van der Waals surface area contributed by atoms with Crippen LogP contribution in [0.4, 0.5) is 15.8 Å². The van der Waals surface area contributed by atoms with Crippen molar-refractivity contribution >= 4 is 17.3 Å². The van der Waals surface area contributed by atoms with Gasteiger partial charge in [0.05, 0.1) is 22.7 Å². The molecule has 0 spiro atoms. The Labute approximate surface area is 102 Å². The Morgan fingerprint density at radius 3 is 2.83 bits per heavy atom. The minimum atomic E-state index is -0.954. The highest BCUT2D eigenvalue weighted by Crippen LogP contribution is 2.20. The summed E-state index contributed by atoms with van der Waals surface area (Å²) >= 11 is 0. The summed E-state index contributed by atoms with van der Waals surface area (Å²) in [6, 6.07) is 1.92. The summed E-state index contributed by atoms with van der Waals surface area (Å²) in [5, 5.41) is 12.6. The van der Waals surface area contributed by atoms with Crippen LogP contribution in [0.1, 0.15) is 6.42 Å². The van der Waals surface area contributed by atoms with Crippen LogP contribution in [0, 0.1) is 28.3 Å². The third-order valence-corrected chi connectivity index (χ3v) is 2.10. The highest BCUT2D eigenvalue weighted by molar-refractivity contribution is 5.95. The number of rotatable bonds is 4. The number of non-ortho nitro benzene ring substituents is 1. The number of nitrogens with zero attached hydrogens (tertiary/aromatic N) is 1. The van der Waals surface area contributed by atoms with Crippen molar-refractivity contribution in [3.05, 3.63) is 34.1 Å². The third kappa shape index (κ3) is 3.26.